The van der Waals surface area contributed by atoms with Crippen molar-refractivity contribution in [1.29, 1.82) is 0 Å². The molecule has 1 aliphatic carbocycles. The fraction of sp³-hybridized carbons (Fsp3) is 0.261. The van der Waals surface area contributed by atoms with Crippen molar-refractivity contribution in [3.05, 3.63) is 58.8 Å². The van der Waals surface area contributed by atoms with Crippen molar-refractivity contribution < 1.29 is 33.0 Å². The van der Waals surface area contributed by atoms with E-state index in [-0.39, 0.29) is 22.6 Å². The molecule has 32 heavy (non-hydrogen) atoms. The number of carboxylic acids is 1. The number of benzene rings is 2. The minimum atomic E-state index is -3.83. The van der Waals surface area contributed by atoms with Crippen LogP contribution in [0, 0.1) is 5.92 Å². The van der Waals surface area contributed by atoms with Crippen molar-refractivity contribution in [2.45, 2.75) is 30.4 Å². The highest BCUT2D eigenvalue weighted by molar-refractivity contribution is 7.90. The van der Waals surface area contributed by atoms with Crippen molar-refractivity contribution in [2.24, 2.45) is 5.92 Å². The maximum absolute atomic E-state index is 13.0. The number of carbonyl (C=O) groups excluding carboxylic acids is 2. The van der Waals surface area contributed by atoms with Crippen LogP contribution < -0.4 is 0 Å². The quantitative estimate of drug-likeness (QED) is 0.575. The molecule has 2 aliphatic heterocycles. The van der Waals surface area contributed by atoms with E-state index in [4.69, 9.17) is 0 Å². The number of aliphatic hydroxyl groups is 1. The molecule has 2 heterocycles. The molecule has 0 bridgehead atoms. The normalized spacial score (nSPS) is 22.4. The third kappa shape index (κ3) is 2.64. The molecule has 164 valence electrons. The van der Waals surface area contributed by atoms with Crippen molar-refractivity contribution in [1.82, 2.24) is 4.90 Å². The summed E-state index contributed by atoms with van der Waals surface area (Å²) in [5, 5.41) is 19.8. The van der Waals surface area contributed by atoms with Gasteiger partial charge in [0.15, 0.2) is 15.6 Å². The summed E-state index contributed by atoms with van der Waals surface area (Å²) < 4.78 is 25.2. The molecule has 3 aliphatic rings. The molecule has 8 nitrogen and oxygen atoms in total. The largest absolute Gasteiger partial charge is 0.477 e. The predicted octanol–water partition coefficient (Wildman–Crippen LogP) is 1.71. The van der Waals surface area contributed by atoms with Gasteiger partial charge in [-0.3, -0.25) is 9.59 Å². The highest BCUT2D eigenvalue weighted by Gasteiger charge is 2.56. The summed E-state index contributed by atoms with van der Waals surface area (Å²) in [5.74, 6) is -2.89. The average molecular weight is 453 g/mol. The molecular weight excluding hydrogens is 434 g/mol. The summed E-state index contributed by atoms with van der Waals surface area (Å²) in [6, 6.07) is 9.22. The van der Waals surface area contributed by atoms with Crippen LogP contribution in [0.2, 0.25) is 0 Å². The third-order valence-corrected chi connectivity index (χ3v) is 7.59. The number of sulfone groups is 1. The van der Waals surface area contributed by atoms with E-state index in [1.807, 2.05) is 0 Å². The Balaban J connectivity index is 1.76. The topological polar surface area (TPSA) is 129 Å². The molecule has 0 saturated carbocycles. The Kier molecular flexibility index (Phi) is 4.25. The maximum atomic E-state index is 13.0. The second-order valence-electron chi connectivity index (χ2n) is 8.42. The van der Waals surface area contributed by atoms with Crippen LogP contribution in [0.25, 0.3) is 16.7 Å². The lowest BCUT2D eigenvalue weighted by molar-refractivity contribution is -0.161. The SMILES string of the molecule is C[C@@H](O)[C@H]1C(=O)N2C(C(=O)O)=C(c3cc4c(c(S(C)(=O)=O)c3)C(=O)c3ccccc3-4)C[C@H]12. The van der Waals surface area contributed by atoms with Gasteiger partial charge in [0.1, 0.15) is 5.70 Å². The number of aliphatic hydroxyl groups excluding tert-OH is 1. The number of carboxylic acid groups (broad SMARTS) is 1. The molecule has 5 rings (SSSR count). The zero-order chi connectivity index (χ0) is 23.1. The van der Waals surface area contributed by atoms with E-state index in [1.54, 1.807) is 30.3 Å². The molecule has 0 spiro atoms. The van der Waals surface area contributed by atoms with Gasteiger partial charge in [-0.15, -0.1) is 0 Å². The van der Waals surface area contributed by atoms with E-state index < -0.39 is 45.6 Å². The number of aliphatic carboxylic acids is 1. The van der Waals surface area contributed by atoms with Crippen LogP contribution in [-0.4, -0.2) is 59.6 Å². The van der Waals surface area contributed by atoms with E-state index >= 15 is 0 Å². The smallest absolute Gasteiger partial charge is 0.352 e. The van der Waals surface area contributed by atoms with Crippen LogP contribution in [0.1, 0.15) is 34.8 Å². The van der Waals surface area contributed by atoms with Gasteiger partial charge in [-0.2, -0.15) is 0 Å². The molecule has 2 aromatic rings. The minimum Gasteiger partial charge on any atom is -0.477 e. The lowest BCUT2D eigenvalue weighted by Crippen LogP contribution is -2.61. The van der Waals surface area contributed by atoms with Crippen molar-refractivity contribution >= 4 is 33.1 Å². The molecule has 2 N–H and O–H groups in total. The molecule has 1 saturated heterocycles. The summed E-state index contributed by atoms with van der Waals surface area (Å²) in [4.78, 5) is 38.6. The van der Waals surface area contributed by atoms with Crippen molar-refractivity contribution in [3.8, 4) is 11.1 Å². The van der Waals surface area contributed by atoms with Gasteiger partial charge in [0, 0.05) is 17.4 Å². The Morgan fingerprint density at radius 1 is 1.12 bits per heavy atom. The predicted molar refractivity (Wildman–Crippen MR) is 113 cm³/mol. The van der Waals surface area contributed by atoms with Crippen LogP contribution in [0.4, 0.5) is 0 Å². The Morgan fingerprint density at radius 2 is 1.78 bits per heavy atom. The zero-order valence-electron chi connectivity index (χ0n) is 17.2. The van der Waals surface area contributed by atoms with E-state index in [2.05, 4.69) is 0 Å². The van der Waals surface area contributed by atoms with Crippen molar-refractivity contribution in [2.75, 3.05) is 6.26 Å². The molecule has 0 unspecified atom stereocenters. The number of hydrogen-bond donors (Lipinski definition) is 2. The van der Waals surface area contributed by atoms with Gasteiger partial charge in [-0.25, -0.2) is 13.2 Å². The van der Waals surface area contributed by atoms with Crippen LogP contribution in [0.3, 0.4) is 0 Å². The van der Waals surface area contributed by atoms with Crippen molar-refractivity contribution in [3.63, 3.8) is 0 Å². The summed E-state index contributed by atoms with van der Waals surface area (Å²) >= 11 is 0. The van der Waals surface area contributed by atoms with Gasteiger partial charge in [0.25, 0.3) is 0 Å². The highest BCUT2D eigenvalue weighted by atomic mass is 32.2. The van der Waals surface area contributed by atoms with Crippen LogP contribution in [0.5, 0.6) is 0 Å². The zero-order valence-corrected chi connectivity index (χ0v) is 18.0. The standard InChI is InChI=1S/C23H19NO7S/c1-10(25)18-16-9-14(20(23(28)29)24(16)22(18)27)11-7-15-12-5-3-4-6-13(12)21(26)19(15)17(8-11)32(2,30)31/h3-8,10,16,18,25H,9H2,1-2H3,(H,28,29)/t10-,16-,18-/m1/s1. The molecule has 0 aromatic heterocycles. The first kappa shape index (κ1) is 20.6. The molecule has 9 heteroatoms. The average Bonchev–Trinajstić information content (AvgIpc) is 3.20. The van der Waals surface area contributed by atoms with Gasteiger partial charge in [-0.05, 0) is 47.7 Å². The number of hydrogen-bond acceptors (Lipinski definition) is 6. The summed E-state index contributed by atoms with van der Waals surface area (Å²) in [6.45, 7) is 1.48. The first-order valence-corrected chi connectivity index (χ1v) is 11.9. The lowest BCUT2D eigenvalue weighted by atomic mass is 9.82. The Hall–Kier alpha value is -3.30. The number of rotatable bonds is 4. The van der Waals surface area contributed by atoms with Crippen LogP contribution in [-0.2, 0) is 19.4 Å². The fourth-order valence-electron chi connectivity index (χ4n) is 5.11. The fourth-order valence-corrected chi connectivity index (χ4v) is 6.02. The highest BCUT2D eigenvalue weighted by Crippen LogP contribution is 2.49. The summed E-state index contributed by atoms with van der Waals surface area (Å²) in [5.41, 5.74) is 1.89. The molecule has 0 radical (unpaired) electrons. The molecule has 2 aromatic carbocycles. The van der Waals surface area contributed by atoms with Gasteiger partial charge < -0.3 is 15.1 Å². The number of fused-ring (bicyclic) bond motifs is 4. The number of amides is 1. The van der Waals surface area contributed by atoms with Crippen LogP contribution >= 0.6 is 0 Å². The summed E-state index contributed by atoms with van der Waals surface area (Å²) in [6.07, 6.45) is 0.235. The van der Waals surface area contributed by atoms with E-state index in [1.165, 1.54) is 17.9 Å². The molecule has 1 fully saturated rings. The summed E-state index contributed by atoms with van der Waals surface area (Å²) in [7, 11) is -3.83. The van der Waals surface area contributed by atoms with Gasteiger partial charge in [-0.1, -0.05) is 24.3 Å². The van der Waals surface area contributed by atoms with Gasteiger partial charge in [0.2, 0.25) is 5.91 Å². The number of carbonyl (C=O) groups is 3. The van der Waals surface area contributed by atoms with Gasteiger partial charge >= 0.3 is 5.97 Å². The Bertz CT molecular complexity index is 1390. The van der Waals surface area contributed by atoms with E-state index in [0.717, 1.165) is 6.26 Å². The molecule has 3 atom stereocenters. The van der Waals surface area contributed by atoms with Crippen LogP contribution in [0.15, 0.2) is 47.0 Å². The third-order valence-electron chi connectivity index (χ3n) is 6.47. The number of β-lactam (4-membered cyclic amide) rings is 1. The van der Waals surface area contributed by atoms with E-state index in [9.17, 15) is 33.0 Å². The molecular formula is C23H19NO7S. The first-order chi connectivity index (χ1) is 15.0. The number of nitrogens with zero attached hydrogens (tertiary/aromatic N) is 1. The first-order valence-electron chi connectivity index (χ1n) is 10.0. The second kappa shape index (κ2) is 6.60. The lowest BCUT2D eigenvalue weighted by Gasteiger charge is -2.44. The van der Waals surface area contributed by atoms with Gasteiger partial charge in [0.05, 0.1) is 23.0 Å². The molecule has 1 amide bonds. The monoisotopic (exact) mass is 453 g/mol. The minimum absolute atomic E-state index is 0.0779. The number of ketones is 1. The maximum Gasteiger partial charge on any atom is 0.352 e. The Morgan fingerprint density at radius 3 is 2.38 bits per heavy atom. The van der Waals surface area contributed by atoms with E-state index in [0.29, 0.717) is 27.8 Å². The second-order valence-corrected chi connectivity index (χ2v) is 10.4. The Labute approximate surface area is 183 Å².